The van der Waals surface area contributed by atoms with Crippen molar-refractivity contribution in [2.24, 2.45) is 0 Å². The SMILES string of the molecule is CNC(=O)CN1CCC(NCc2nccs2)CC1. The Morgan fingerprint density at radius 3 is 2.94 bits per heavy atom. The molecule has 0 unspecified atom stereocenters. The molecule has 1 aliphatic heterocycles. The zero-order chi connectivity index (χ0) is 12.8. The number of rotatable bonds is 5. The number of thiazole rings is 1. The van der Waals surface area contributed by atoms with Crippen molar-refractivity contribution < 1.29 is 4.79 Å². The fourth-order valence-corrected chi connectivity index (χ4v) is 2.72. The summed E-state index contributed by atoms with van der Waals surface area (Å²) in [5, 5.41) is 9.34. The van der Waals surface area contributed by atoms with E-state index in [2.05, 4.69) is 20.5 Å². The van der Waals surface area contributed by atoms with Gasteiger partial charge in [-0.2, -0.15) is 0 Å². The second-order valence-corrected chi connectivity index (χ2v) is 5.51. The topological polar surface area (TPSA) is 57.3 Å². The molecule has 2 heterocycles. The summed E-state index contributed by atoms with van der Waals surface area (Å²) in [6.45, 7) is 3.36. The van der Waals surface area contributed by atoms with Crippen LogP contribution >= 0.6 is 11.3 Å². The first-order valence-electron chi connectivity index (χ1n) is 6.32. The fourth-order valence-electron chi connectivity index (χ4n) is 2.15. The van der Waals surface area contributed by atoms with E-state index in [1.165, 1.54) is 0 Å². The molecule has 0 spiro atoms. The van der Waals surface area contributed by atoms with E-state index in [-0.39, 0.29) is 5.91 Å². The van der Waals surface area contributed by atoms with Crippen LogP contribution in [0.2, 0.25) is 0 Å². The highest BCUT2D eigenvalue weighted by molar-refractivity contribution is 7.09. The first-order valence-corrected chi connectivity index (χ1v) is 7.20. The summed E-state index contributed by atoms with van der Waals surface area (Å²) in [6.07, 6.45) is 4.04. The number of likely N-dealkylation sites (tertiary alicyclic amines) is 1. The van der Waals surface area contributed by atoms with Crippen LogP contribution < -0.4 is 10.6 Å². The number of aromatic nitrogens is 1. The Kier molecular flexibility index (Phi) is 5.10. The number of nitrogens with zero attached hydrogens (tertiary/aromatic N) is 2. The Bertz CT molecular complexity index is 360. The molecule has 0 bridgehead atoms. The van der Waals surface area contributed by atoms with Gasteiger partial charge < -0.3 is 10.6 Å². The van der Waals surface area contributed by atoms with Crippen molar-refractivity contribution in [1.82, 2.24) is 20.5 Å². The van der Waals surface area contributed by atoms with E-state index < -0.39 is 0 Å². The standard InChI is InChI=1S/C12H20N4OS/c1-13-11(17)9-16-5-2-10(3-6-16)15-8-12-14-4-7-18-12/h4,7,10,15H,2-3,5-6,8-9H2,1H3,(H,13,17). The molecule has 2 rings (SSSR count). The van der Waals surface area contributed by atoms with E-state index >= 15 is 0 Å². The lowest BCUT2D eigenvalue weighted by Gasteiger charge is -2.31. The highest BCUT2D eigenvalue weighted by Crippen LogP contribution is 2.11. The van der Waals surface area contributed by atoms with Gasteiger partial charge in [-0.15, -0.1) is 11.3 Å². The van der Waals surface area contributed by atoms with Crippen LogP contribution in [0.25, 0.3) is 0 Å². The van der Waals surface area contributed by atoms with Gasteiger partial charge in [0.25, 0.3) is 0 Å². The van der Waals surface area contributed by atoms with Gasteiger partial charge in [0.1, 0.15) is 5.01 Å². The van der Waals surface area contributed by atoms with Gasteiger partial charge in [0.2, 0.25) is 5.91 Å². The molecule has 1 amide bonds. The molecule has 5 nitrogen and oxygen atoms in total. The summed E-state index contributed by atoms with van der Waals surface area (Å²) >= 11 is 1.69. The van der Waals surface area contributed by atoms with Gasteiger partial charge in [0.15, 0.2) is 0 Å². The molecule has 6 heteroatoms. The van der Waals surface area contributed by atoms with Gasteiger partial charge in [0.05, 0.1) is 6.54 Å². The Morgan fingerprint density at radius 1 is 1.56 bits per heavy atom. The van der Waals surface area contributed by atoms with Crippen LogP contribution in [0.5, 0.6) is 0 Å². The van der Waals surface area contributed by atoms with Crippen LogP contribution in [-0.4, -0.2) is 48.5 Å². The van der Waals surface area contributed by atoms with Crippen molar-refractivity contribution >= 4 is 17.2 Å². The largest absolute Gasteiger partial charge is 0.358 e. The lowest BCUT2D eigenvalue weighted by molar-refractivity contribution is -0.122. The zero-order valence-corrected chi connectivity index (χ0v) is 11.5. The summed E-state index contributed by atoms with van der Waals surface area (Å²) in [6, 6.07) is 0.551. The van der Waals surface area contributed by atoms with Gasteiger partial charge in [-0.25, -0.2) is 4.98 Å². The van der Waals surface area contributed by atoms with Gasteiger partial charge >= 0.3 is 0 Å². The number of piperidine rings is 1. The summed E-state index contributed by atoms with van der Waals surface area (Å²) in [5.74, 6) is 0.101. The van der Waals surface area contributed by atoms with Gasteiger partial charge in [-0.05, 0) is 12.8 Å². The minimum Gasteiger partial charge on any atom is -0.358 e. The number of nitrogens with one attached hydrogen (secondary N) is 2. The second-order valence-electron chi connectivity index (χ2n) is 4.53. The lowest BCUT2D eigenvalue weighted by atomic mass is 10.1. The third-order valence-electron chi connectivity index (χ3n) is 3.26. The van der Waals surface area contributed by atoms with E-state index in [9.17, 15) is 4.79 Å². The molecule has 1 saturated heterocycles. The summed E-state index contributed by atoms with van der Waals surface area (Å²) < 4.78 is 0. The molecule has 0 aliphatic carbocycles. The van der Waals surface area contributed by atoms with E-state index in [1.54, 1.807) is 18.4 Å². The van der Waals surface area contributed by atoms with Crippen molar-refractivity contribution in [3.05, 3.63) is 16.6 Å². The molecule has 100 valence electrons. The smallest absolute Gasteiger partial charge is 0.233 e. The minimum absolute atomic E-state index is 0.101. The monoisotopic (exact) mass is 268 g/mol. The first kappa shape index (κ1) is 13.5. The Balaban J connectivity index is 1.65. The number of carbonyl (C=O) groups is 1. The van der Waals surface area contributed by atoms with Crippen LogP contribution in [0.4, 0.5) is 0 Å². The normalized spacial score (nSPS) is 17.8. The average Bonchev–Trinajstić information content (AvgIpc) is 2.91. The fraction of sp³-hybridized carbons (Fsp3) is 0.667. The molecule has 1 fully saturated rings. The number of carbonyl (C=O) groups excluding carboxylic acids is 1. The molecule has 1 aromatic rings. The second kappa shape index (κ2) is 6.82. The molecule has 0 aromatic carbocycles. The molecule has 1 aromatic heterocycles. The molecular weight excluding hydrogens is 248 g/mol. The van der Waals surface area contributed by atoms with Crippen molar-refractivity contribution in [3.8, 4) is 0 Å². The minimum atomic E-state index is 0.101. The maximum absolute atomic E-state index is 11.3. The maximum Gasteiger partial charge on any atom is 0.233 e. The van der Waals surface area contributed by atoms with Crippen LogP contribution in [0.15, 0.2) is 11.6 Å². The predicted molar refractivity (Wildman–Crippen MR) is 72.5 cm³/mol. The number of hydrogen-bond acceptors (Lipinski definition) is 5. The molecule has 0 saturated carbocycles. The van der Waals surface area contributed by atoms with Crippen LogP contribution in [-0.2, 0) is 11.3 Å². The number of hydrogen-bond donors (Lipinski definition) is 2. The van der Waals surface area contributed by atoms with E-state index in [0.29, 0.717) is 12.6 Å². The van der Waals surface area contributed by atoms with E-state index in [4.69, 9.17) is 0 Å². The van der Waals surface area contributed by atoms with Crippen molar-refractivity contribution in [2.75, 3.05) is 26.7 Å². The quantitative estimate of drug-likeness (QED) is 0.814. The molecule has 0 radical (unpaired) electrons. The third kappa shape index (κ3) is 4.04. The third-order valence-corrected chi connectivity index (χ3v) is 4.04. The van der Waals surface area contributed by atoms with Gasteiger partial charge in [0, 0.05) is 44.3 Å². The van der Waals surface area contributed by atoms with Crippen molar-refractivity contribution in [2.45, 2.75) is 25.4 Å². The Labute approximate surface area is 112 Å². The predicted octanol–water partition coefficient (Wildman–Crippen LogP) is 0.443. The van der Waals surface area contributed by atoms with Gasteiger partial charge in [-0.1, -0.05) is 0 Å². The number of amides is 1. The van der Waals surface area contributed by atoms with E-state index in [0.717, 1.165) is 37.5 Å². The van der Waals surface area contributed by atoms with Crippen LogP contribution in [0.3, 0.4) is 0 Å². The Hall–Kier alpha value is -0.980. The van der Waals surface area contributed by atoms with Crippen LogP contribution in [0.1, 0.15) is 17.8 Å². The van der Waals surface area contributed by atoms with E-state index in [1.807, 2.05) is 11.6 Å². The lowest BCUT2D eigenvalue weighted by Crippen LogP contribution is -2.45. The average molecular weight is 268 g/mol. The highest BCUT2D eigenvalue weighted by Gasteiger charge is 2.20. The van der Waals surface area contributed by atoms with Crippen molar-refractivity contribution in [3.63, 3.8) is 0 Å². The molecule has 18 heavy (non-hydrogen) atoms. The molecular formula is C12H20N4OS. The molecule has 1 aliphatic rings. The maximum atomic E-state index is 11.3. The highest BCUT2D eigenvalue weighted by atomic mass is 32.1. The number of likely N-dealkylation sites (N-methyl/N-ethyl adjacent to an activating group) is 1. The molecule has 2 N–H and O–H groups in total. The van der Waals surface area contributed by atoms with Gasteiger partial charge in [-0.3, -0.25) is 9.69 Å². The summed E-state index contributed by atoms with van der Waals surface area (Å²) in [7, 11) is 1.69. The van der Waals surface area contributed by atoms with Crippen LogP contribution in [0, 0.1) is 0 Å². The Morgan fingerprint density at radius 2 is 2.33 bits per heavy atom. The summed E-state index contributed by atoms with van der Waals surface area (Å²) in [5.41, 5.74) is 0. The summed E-state index contributed by atoms with van der Waals surface area (Å²) in [4.78, 5) is 17.7. The molecule has 0 atom stereocenters. The van der Waals surface area contributed by atoms with Crippen molar-refractivity contribution in [1.29, 1.82) is 0 Å². The first-order chi connectivity index (χ1) is 8.78. The zero-order valence-electron chi connectivity index (χ0n) is 10.7.